The van der Waals surface area contributed by atoms with E-state index in [1.165, 1.54) is 10.3 Å². The van der Waals surface area contributed by atoms with Crippen molar-refractivity contribution in [3.63, 3.8) is 0 Å². The average Bonchev–Trinajstić information content (AvgIpc) is 3.16. The van der Waals surface area contributed by atoms with Gasteiger partial charge < -0.3 is 15.6 Å². The molecule has 0 aliphatic rings. The van der Waals surface area contributed by atoms with Gasteiger partial charge in [0.2, 0.25) is 0 Å². The Morgan fingerprint density at radius 3 is 2.68 bits per heavy atom. The third-order valence-electron chi connectivity index (χ3n) is 3.27. The molecule has 3 rings (SSSR count). The lowest BCUT2D eigenvalue weighted by atomic mass is 10.2. The van der Waals surface area contributed by atoms with Gasteiger partial charge >= 0.3 is 0 Å². The molecule has 0 bridgehead atoms. The van der Waals surface area contributed by atoms with E-state index in [0.29, 0.717) is 0 Å². The van der Waals surface area contributed by atoms with Crippen LogP contribution in [-0.4, -0.2) is 18.0 Å². The van der Waals surface area contributed by atoms with Crippen molar-refractivity contribution < 1.29 is 0 Å². The Balaban J connectivity index is 0.00000176. The van der Waals surface area contributed by atoms with E-state index in [-0.39, 0.29) is 24.0 Å². The van der Waals surface area contributed by atoms with Crippen LogP contribution in [0.15, 0.2) is 52.8 Å². The molecule has 0 amide bonds. The standard InChI is InChI=1S/C16H18N4S.HI/c1-17-16(19-11-14-6-4-8-21-14)18-10-13-9-12-5-2-3-7-15(12)20-13;/h2-9,20H,10-11H2,1H3,(H2,17,18,19);1H. The maximum atomic E-state index is 4.24. The Morgan fingerprint density at radius 1 is 1.14 bits per heavy atom. The zero-order valence-corrected chi connectivity index (χ0v) is 15.4. The molecule has 0 fully saturated rings. The van der Waals surface area contributed by atoms with E-state index >= 15 is 0 Å². The molecule has 116 valence electrons. The second kappa shape index (κ2) is 8.19. The van der Waals surface area contributed by atoms with Crippen molar-refractivity contribution in [1.82, 2.24) is 15.6 Å². The van der Waals surface area contributed by atoms with Gasteiger partial charge in [0, 0.05) is 23.1 Å². The Labute approximate surface area is 151 Å². The minimum Gasteiger partial charge on any atom is -0.357 e. The van der Waals surface area contributed by atoms with Gasteiger partial charge in [-0.25, -0.2) is 0 Å². The van der Waals surface area contributed by atoms with Crippen LogP contribution in [0.3, 0.4) is 0 Å². The summed E-state index contributed by atoms with van der Waals surface area (Å²) in [7, 11) is 1.79. The van der Waals surface area contributed by atoms with Crippen LogP contribution in [0.25, 0.3) is 10.9 Å². The monoisotopic (exact) mass is 426 g/mol. The van der Waals surface area contributed by atoms with E-state index in [2.05, 4.69) is 62.4 Å². The molecule has 0 aliphatic heterocycles. The van der Waals surface area contributed by atoms with E-state index in [0.717, 1.165) is 30.3 Å². The number of rotatable bonds is 4. The number of para-hydroxylation sites is 1. The molecule has 0 unspecified atom stereocenters. The first-order chi connectivity index (χ1) is 10.3. The van der Waals surface area contributed by atoms with Crippen LogP contribution in [0.5, 0.6) is 0 Å². The maximum Gasteiger partial charge on any atom is 0.191 e. The summed E-state index contributed by atoms with van der Waals surface area (Å²) in [5, 5.41) is 9.95. The van der Waals surface area contributed by atoms with Crippen LogP contribution in [0.4, 0.5) is 0 Å². The summed E-state index contributed by atoms with van der Waals surface area (Å²) < 4.78 is 0. The summed E-state index contributed by atoms with van der Waals surface area (Å²) in [6, 6.07) is 14.6. The lowest BCUT2D eigenvalue weighted by Gasteiger charge is -2.10. The average molecular weight is 426 g/mol. The van der Waals surface area contributed by atoms with Gasteiger partial charge in [-0.3, -0.25) is 4.99 Å². The SMILES string of the molecule is CN=C(NCc1cc2ccccc2[nH]1)NCc1cccs1.I. The van der Waals surface area contributed by atoms with Crippen LogP contribution in [0, 0.1) is 0 Å². The number of hydrogen-bond acceptors (Lipinski definition) is 2. The molecule has 0 radical (unpaired) electrons. The summed E-state index contributed by atoms with van der Waals surface area (Å²) in [5.41, 5.74) is 2.31. The van der Waals surface area contributed by atoms with Gasteiger partial charge in [-0.2, -0.15) is 0 Å². The largest absolute Gasteiger partial charge is 0.357 e. The van der Waals surface area contributed by atoms with E-state index in [9.17, 15) is 0 Å². The number of nitrogens with zero attached hydrogens (tertiary/aromatic N) is 1. The van der Waals surface area contributed by atoms with Gasteiger partial charge in [0.15, 0.2) is 5.96 Å². The molecular formula is C16H19IN4S. The predicted molar refractivity (Wildman–Crippen MR) is 105 cm³/mol. The minimum absolute atomic E-state index is 0. The number of nitrogens with one attached hydrogen (secondary N) is 3. The molecule has 3 aromatic rings. The molecule has 0 saturated carbocycles. The molecule has 0 saturated heterocycles. The first-order valence-electron chi connectivity index (χ1n) is 6.88. The smallest absolute Gasteiger partial charge is 0.191 e. The fourth-order valence-electron chi connectivity index (χ4n) is 2.21. The third kappa shape index (κ3) is 4.23. The number of benzene rings is 1. The Hall–Kier alpha value is -1.54. The number of fused-ring (bicyclic) bond motifs is 1. The Kier molecular flexibility index (Phi) is 6.26. The van der Waals surface area contributed by atoms with Gasteiger partial charge in [-0.1, -0.05) is 24.3 Å². The van der Waals surface area contributed by atoms with Crippen molar-refractivity contribution in [2.24, 2.45) is 4.99 Å². The molecule has 22 heavy (non-hydrogen) atoms. The summed E-state index contributed by atoms with van der Waals surface area (Å²) in [6.45, 7) is 1.52. The molecule has 0 aliphatic carbocycles. The molecule has 3 N–H and O–H groups in total. The van der Waals surface area contributed by atoms with Crippen LogP contribution >= 0.6 is 35.3 Å². The maximum absolute atomic E-state index is 4.24. The number of halogens is 1. The molecule has 2 aromatic heterocycles. The number of aromatic nitrogens is 1. The summed E-state index contributed by atoms with van der Waals surface area (Å²) in [6.07, 6.45) is 0. The molecule has 1 aromatic carbocycles. The van der Waals surface area contributed by atoms with E-state index in [1.807, 2.05) is 6.07 Å². The van der Waals surface area contributed by atoms with Crippen molar-refractivity contribution in [2.45, 2.75) is 13.1 Å². The second-order valence-electron chi connectivity index (χ2n) is 4.74. The first-order valence-corrected chi connectivity index (χ1v) is 7.76. The van der Waals surface area contributed by atoms with Crippen LogP contribution in [0.1, 0.15) is 10.6 Å². The van der Waals surface area contributed by atoms with E-state index in [4.69, 9.17) is 0 Å². The van der Waals surface area contributed by atoms with E-state index in [1.54, 1.807) is 18.4 Å². The van der Waals surface area contributed by atoms with Crippen molar-refractivity contribution in [1.29, 1.82) is 0 Å². The molecule has 0 spiro atoms. The number of hydrogen-bond donors (Lipinski definition) is 3. The van der Waals surface area contributed by atoms with Gasteiger partial charge in [-0.05, 0) is 29.0 Å². The molecule has 0 atom stereocenters. The Morgan fingerprint density at radius 2 is 1.95 bits per heavy atom. The zero-order valence-electron chi connectivity index (χ0n) is 12.3. The van der Waals surface area contributed by atoms with Gasteiger partial charge in [-0.15, -0.1) is 35.3 Å². The van der Waals surface area contributed by atoms with Gasteiger partial charge in [0.25, 0.3) is 0 Å². The third-order valence-corrected chi connectivity index (χ3v) is 4.14. The first kappa shape index (κ1) is 16.8. The zero-order chi connectivity index (χ0) is 14.5. The quantitative estimate of drug-likeness (QED) is 0.339. The van der Waals surface area contributed by atoms with Crippen LogP contribution < -0.4 is 10.6 Å². The number of guanidine groups is 1. The van der Waals surface area contributed by atoms with Crippen LogP contribution in [-0.2, 0) is 13.1 Å². The van der Waals surface area contributed by atoms with E-state index < -0.39 is 0 Å². The van der Waals surface area contributed by atoms with Gasteiger partial charge in [0.1, 0.15) is 0 Å². The van der Waals surface area contributed by atoms with Crippen molar-refractivity contribution in [3.05, 3.63) is 58.4 Å². The molecule has 2 heterocycles. The molecule has 4 nitrogen and oxygen atoms in total. The van der Waals surface area contributed by atoms with Crippen molar-refractivity contribution >= 4 is 52.2 Å². The molecular weight excluding hydrogens is 407 g/mol. The fraction of sp³-hybridized carbons (Fsp3) is 0.188. The predicted octanol–water partition coefficient (Wildman–Crippen LogP) is 3.71. The minimum atomic E-state index is 0. The second-order valence-corrected chi connectivity index (χ2v) is 5.77. The van der Waals surface area contributed by atoms with Crippen molar-refractivity contribution in [2.75, 3.05) is 7.05 Å². The fourth-order valence-corrected chi connectivity index (χ4v) is 2.86. The number of aromatic amines is 1. The number of H-pyrrole nitrogens is 1. The van der Waals surface area contributed by atoms with Crippen molar-refractivity contribution in [3.8, 4) is 0 Å². The number of thiophene rings is 1. The lowest BCUT2D eigenvalue weighted by Crippen LogP contribution is -2.36. The molecule has 6 heteroatoms. The Bertz CT molecular complexity index is 701. The van der Waals surface area contributed by atoms with Crippen LogP contribution in [0.2, 0.25) is 0 Å². The highest BCUT2D eigenvalue weighted by molar-refractivity contribution is 14.0. The highest BCUT2D eigenvalue weighted by Crippen LogP contribution is 2.14. The summed E-state index contributed by atoms with van der Waals surface area (Å²) >= 11 is 1.74. The highest BCUT2D eigenvalue weighted by atomic mass is 127. The highest BCUT2D eigenvalue weighted by Gasteiger charge is 2.02. The summed E-state index contributed by atoms with van der Waals surface area (Å²) in [5.74, 6) is 0.807. The topological polar surface area (TPSA) is 52.2 Å². The lowest BCUT2D eigenvalue weighted by molar-refractivity contribution is 0.805. The van der Waals surface area contributed by atoms with Gasteiger partial charge in [0.05, 0.1) is 13.1 Å². The number of aliphatic imine (C=N–C) groups is 1. The normalized spacial score (nSPS) is 11.2. The summed E-state index contributed by atoms with van der Waals surface area (Å²) in [4.78, 5) is 8.94.